The lowest BCUT2D eigenvalue weighted by Crippen LogP contribution is -2.24. The molecule has 3 heterocycles. The highest BCUT2D eigenvalue weighted by atomic mass is 35.5. The molecule has 23 heavy (non-hydrogen) atoms. The van der Waals surface area contributed by atoms with Crippen molar-refractivity contribution >= 4 is 23.5 Å². The van der Waals surface area contributed by atoms with E-state index < -0.39 is 0 Å². The zero-order valence-electron chi connectivity index (χ0n) is 12.4. The molecule has 0 N–H and O–H groups in total. The lowest BCUT2D eigenvalue weighted by atomic mass is 9.84. The summed E-state index contributed by atoms with van der Waals surface area (Å²) in [7, 11) is 0. The molecule has 0 aromatic carbocycles. The van der Waals surface area contributed by atoms with Crippen LogP contribution in [0.3, 0.4) is 0 Å². The van der Waals surface area contributed by atoms with Gasteiger partial charge in [0.25, 0.3) is 0 Å². The van der Waals surface area contributed by atoms with E-state index in [0.717, 1.165) is 5.69 Å². The van der Waals surface area contributed by atoms with E-state index in [1.54, 1.807) is 41.2 Å². The molecule has 2 aromatic heterocycles. The van der Waals surface area contributed by atoms with Crippen LogP contribution in [-0.2, 0) is 6.42 Å². The molecule has 1 aliphatic carbocycles. The summed E-state index contributed by atoms with van der Waals surface area (Å²) in [5, 5.41) is 4.62. The van der Waals surface area contributed by atoms with Crippen molar-refractivity contribution in [3.63, 3.8) is 0 Å². The summed E-state index contributed by atoms with van der Waals surface area (Å²) in [6, 6.07) is 3.35. The molecule has 0 fully saturated rings. The highest BCUT2D eigenvalue weighted by molar-refractivity contribution is 6.29. The third-order valence-corrected chi connectivity index (χ3v) is 4.40. The van der Waals surface area contributed by atoms with Crippen LogP contribution in [0.15, 0.2) is 58.5 Å². The summed E-state index contributed by atoms with van der Waals surface area (Å²) >= 11 is 5.95. The van der Waals surface area contributed by atoms with Gasteiger partial charge in [0.1, 0.15) is 11.0 Å². The number of dihydropyridines is 1. The van der Waals surface area contributed by atoms with Gasteiger partial charge in [-0.15, -0.1) is 0 Å². The molecule has 2 unspecified atom stereocenters. The average Bonchev–Trinajstić information content (AvgIpc) is 2.94. The minimum absolute atomic E-state index is 0.126. The van der Waals surface area contributed by atoms with Crippen LogP contribution in [-0.4, -0.2) is 26.9 Å². The second-order valence-electron chi connectivity index (χ2n) is 5.77. The van der Waals surface area contributed by atoms with Gasteiger partial charge < -0.3 is 0 Å². The van der Waals surface area contributed by atoms with Crippen LogP contribution in [0.5, 0.6) is 0 Å². The Hall–Kier alpha value is -2.27. The molecular formula is C17H14ClFN4. The van der Waals surface area contributed by atoms with Crippen LogP contribution in [0.1, 0.15) is 12.6 Å². The van der Waals surface area contributed by atoms with Crippen molar-refractivity contribution in [3.05, 3.63) is 64.4 Å². The smallest absolute Gasteiger partial charge is 0.153 e. The Bertz CT molecular complexity index is 906. The number of hydrogen-bond donors (Lipinski definition) is 0. The van der Waals surface area contributed by atoms with Crippen LogP contribution in [0.25, 0.3) is 5.65 Å². The maximum absolute atomic E-state index is 14.8. The summed E-state index contributed by atoms with van der Waals surface area (Å²) in [5.41, 5.74) is 2.80. The Morgan fingerprint density at radius 3 is 3.09 bits per heavy atom. The van der Waals surface area contributed by atoms with Crippen molar-refractivity contribution in [2.24, 2.45) is 10.9 Å². The average molecular weight is 329 g/mol. The van der Waals surface area contributed by atoms with E-state index in [0.29, 0.717) is 28.4 Å². The minimum atomic E-state index is -0.196. The third-order valence-electron chi connectivity index (χ3n) is 4.20. The normalized spacial score (nSPS) is 23.3. The van der Waals surface area contributed by atoms with Crippen LogP contribution in [0.4, 0.5) is 4.39 Å². The molecule has 1 aliphatic heterocycles. The van der Waals surface area contributed by atoms with Crippen LogP contribution >= 0.6 is 11.6 Å². The van der Waals surface area contributed by atoms with Gasteiger partial charge in [0.2, 0.25) is 0 Å². The Balaban J connectivity index is 1.73. The highest BCUT2D eigenvalue weighted by Crippen LogP contribution is 2.35. The molecule has 0 spiro atoms. The molecule has 0 radical (unpaired) electrons. The monoisotopic (exact) mass is 328 g/mol. The molecule has 0 bridgehead atoms. The molecular weight excluding hydrogens is 315 g/mol. The summed E-state index contributed by atoms with van der Waals surface area (Å²) in [6.45, 7) is 2.05. The quantitative estimate of drug-likeness (QED) is 0.843. The first-order valence-electron chi connectivity index (χ1n) is 7.43. The SMILES string of the molecule is CC1C=C(Cc2cnc3ccc(Cl)nn23)C(F)=C2C=CC=NC21. The first-order valence-corrected chi connectivity index (χ1v) is 7.81. The van der Waals surface area contributed by atoms with Crippen LogP contribution < -0.4 is 0 Å². The fourth-order valence-electron chi connectivity index (χ4n) is 3.11. The topological polar surface area (TPSA) is 42.5 Å². The number of halogens is 2. The van der Waals surface area contributed by atoms with Gasteiger partial charge in [-0.1, -0.05) is 30.7 Å². The number of nitrogens with zero attached hydrogens (tertiary/aromatic N) is 4. The lowest BCUT2D eigenvalue weighted by Gasteiger charge is -2.27. The summed E-state index contributed by atoms with van der Waals surface area (Å²) in [4.78, 5) is 8.66. The van der Waals surface area contributed by atoms with Gasteiger partial charge in [-0.2, -0.15) is 5.10 Å². The first kappa shape index (κ1) is 14.3. The van der Waals surface area contributed by atoms with E-state index in [9.17, 15) is 4.39 Å². The molecule has 4 rings (SSSR count). The second-order valence-corrected chi connectivity index (χ2v) is 6.16. The van der Waals surface area contributed by atoms with Crippen molar-refractivity contribution in [2.45, 2.75) is 19.4 Å². The number of aromatic nitrogens is 3. The summed E-state index contributed by atoms with van der Waals surface area (Å²) in [6.07, 6.45) is 9.38. The largest absolute Gasteiger partial charge is 0.284 e. The fraction of sp³-hybridized carbons (Fsp3) is 0.235. The van der Waals surface area contributed by atoms with Gasteiger partial charge in [-0.05, 0) is 23.8 Å². The second kappa shape index (κ2) is 5.42. The predicted molar refractivity (Wildman–Crippen MR) is 88.5 cm³/mol. The molecule has 0 amide bonds. The van der Waals surface area contributed by atoms with E-state index in [-0.39, 0.29) is 17.8 Å². The number of allylic oxidation sites excluding steroid dienone is 3. The van der Waals surface area contributed by atoms with E-state index >= 15 is 0 Å². The Kier molecular flexibility index (Phi) is 3.38. The number of imidazole rings is 1. The zero-order chi connectivity index (χ0) is 16.0. The standard InChI is InChI=1S/C17H14ClFN4/c1-10-7-11(16(19)13-3-2-6-20-17(10)13)8-12-9-21-15-5-4-14(18)22-23(12)15/h2-7,9-10,17H,8H2,1H3. The van der Waals surface area contributed by atoms with E-state index in [2.05, 4.69) is 22.0 Å². The summed E-state index contributed by atoms with van der Waals surface area (Å²) in [5.74, 6) is -0.0467. The van der Waals surface area contributed by atoms with Crippen molar-refractivity contribution in [2.75, 3.05) is 0 Å². The Labute approximate surface area is 137 Å². The van der Waals surface area contributed by atoms with Crippen LogP contribution in [0, 0.1) is 5.92 Å². The number of aliphatic imine (C=N–C) groups is 1. The van der Waals surface area contributed by atoms with Gasteiger partial charge in [0.05, 0.1) is 17.9 Å². The summed E-state index contributed by atoms with van der Waals surface area (Å²) < 4.78 is 16.5. The molecule has 4 nitrogen and oxygen atoms in total. The van der Waals surface area contributed by atoms with Gasteiger partial charge in [-0.25, -0.2) is 13.9 Å². The third kappa shape index (κ3) is 2.41. The molecule has 0 saturated carbocycles. The Morgan fingerprint density at radius 2 is 2.22 bits per heavy atom. The van der Waals surface area contributed by atoms with Crippen molar-refractivity contribution in [1.82, 2.24) is 14.6 Å². The minimum Gasteiger partial charge on any atom is -0.284 e. The van der Waals surface area contributed by atoms with Crippen molar-refractivity contribution in [1.29, 1.82) is 0 Å². The predicted octanol–water partition coefficient (Wildman–Crippen LogP) is 3.73. The van der Waals surface area contributed by atoms with Gasteiger partial charge >= 0.3 is 0 Å². The van der Waals surface area contributed by atoms with Gasteiger partial charge in [0, 0.05) is 24.1 Å². The molecule has 2 aromatic rings. The first-order chi connectivity index (χ1) is 11.1. The number of fused-ring (bicyclic) bond motifs is 2. The molecule has 0 saturated heterocycles. The highest BCUT2D eigenvalue weighted by Gasteiger charge is 2.29. The molecule has 2 atom stereocenters. The van der Waals surface area contributed by atoms with Crippen molar-refractivity contribution < 1.29 is 4.39 Å². The zero-order valence-corrected chi connectivity index (χ0v) is 13.2. The molecule has 2 aliphatic rings. The fourth-order valence-corrected chi connectivity index (χ4v) is 3.25. The molecule has 116 valence electrons. The van der Waals surface area contributed by atoms with E-state index in [4.69, 9.17) is 11.6 Å². The Morgan fingerprint density at radius 1 is 1.35 bits per heavy atom. The maximum atomic E-state index is 14.8. The van der Waals surface area contributed by atoms with E-state index in [1.165, 1.54) is 0 Å². The molecule has 6 heteroatoms. The van der Waals surface area contributed by atoms with Gasteiger partial charge in [0.15, 0.2) is 5.65 Å². The van der Waals surface area contributed by atoms with Crippen molar-refractivity contribution in [3.8, 4) is 0 Å². The van der Waals surface area contributed by atoms with Crippen LogP contribution in [0.2, 0.25) is 5.15 Å². The van der Waals surface area contributed by atoms with E-state index in [1.807, 2.05) is 6.08 Å². The van der Waals surface area contributed by atoms with Gasteiger partial charge in [-0.3, -0.25) is 4.99 Å². The number of hydrogen-bond acceptors (Lipinski definition) is 3. The number of rotatable bonds is 2. The lowest BCUT2D eigenvalue weighted by molar-refractivity contribution is 0.538. The maximum Gasteiger partial charge on any atom is 0.153 e.